The van der Waals surface area contributed by atoms with E-state index in [1.54, 1.807) is 6.07 Å². The van der Waals surface area contributed by atoms with Crippen LogP contribution in [0.5, 0.6) is 5.75 Å². The number of halogens is 1. The van der Waals surface area contributed by atoms with E-state index in [2.05, 4.69) is 0 Å². The minimum atomic E-state index is -0.285. The highest BCUT2D eigenvalue weighted by molar-refractivity contribution is 5.28. The van der Waals surface area contributed by atoms with Gasteiger partial charge in [-0.25, -0.2) is 4.39 Å². The van der Waals surface area contributed by atoms with Gasteiger partial charge in [-0.15, -0.1) is 0 Å². The number of rotatable bonds is 2. The lowest BCUT2D eigenvalue weighted by atomic mass is 10.2. The van der Waals surface area contributed by atoms with Crippen molar-refractivity contribution in [3.8, 4) is 5.75 Å². The second kappa shape index (κ2) is 6.46. The van der Waals surface area contributed by atoms with E-state index in [4.69, 9.17) is 4.74 Å². The van der Waals surface area contributed by atoms with Crippen molar-refractivity contribution in [1.82, 2.24) is 0 Å². The summed E-state index contributed by atoms with van der Waals surface area (Å²) in [5.41, 5.74) is 0.908. The molecule has 0 saturated carbocycles. The Morgan fingerprint density at radius 2 is 1.92 bits per heavy atom. The normalized spacial score (nSPS) is 8.69. The summed E-state index contributed by atoms with van der Waals surface area (Å²) in [6, 6.07) is 4.94. The van der Waals surface area contributed by atoms with Crippen molar-refractivity contribution in [3.63, 3.8) is 0 Å². The van der Waals surface area contributed by atoms with Gasteiger partial charge in [0.05, 0.1) is 6.61 Å². The van der Waals surface area contributed by atoms with E-state index in [9.17, 15) is 4.39 Å². The van der Waals surface area contributed by atoms with E-state index in [-0.39, 0.29) is 5.82 Å². The predicted molar refractivity (Wildman–Crippen MR) is 53.7 cm³/mol. The molecule has 13 heavy (non-hydrogen) atoms. The van der Waals surface area contributed by atoms with Gasteiger partial charge in [-0.05, 0) is 31.5 Å². The van der Waals surface area contributed by atoms with E-state index in [0.717, 1.165) is 5.56 Å². The Bertz CT molecular complexity index is 246. The molecule has 0 radical (unpaired) electrons. The summed E-state index contributed by atoms with van der Waals surface area (Å²) in [6.45, 7) is 8.18. The molecule has 1 aromatic rings. The molecule has 0 saturated heterocycles. The molecule has 0 aromatic heterocycles. The van der Waals surface area contributed by atoms with Crippen molar-refractivity contribution >= 4 is 0 Å². The van der Waals surface area contributed by atoms with Gasteiger partial charge in [0, 0.05) is 0 Å². The van der Waals surface area contributed by atoms with Gasteiger partial charge >= 0.3 is 0 Å². The van der Waals surface area contributed by atoms with Crippen LogP contribution >= 0.6 is 0 Å². The molecule has 0 heterocycles. The van der Waals surface area contributed by atoms with E-state index in [1.165, 1.54) is 6.07 Å². The summed E-state index contributed by atoms with van der Waals surface area (Å²) in [7, 11) is 0. The topological polar surface area (TPSA) is 9.23 Å². The first-order valence-electron chi connectivity index (χ1n) is 4.63. The molecule has 0 aliphatic heterocycles. The van der Waals surface area contributed by atoms with Crippen LogP contribution in [0, 0.1) is 12.7 Å². The van der Waals surface area contributed by atoms with Gasteiger partial charge in [0.25, 0.3) is 0 Å². The van der Waals surface area contributed by atoms with Gasteiger partial charge in [0.2, 0.25) is 0 Å². The van der Waals surface area contributed by atoms with E-state index in [0.29, 0.717) is 12.4 Å². The van der Waals surface area contributed by atoms with Crippen molar-refractivity contribution < 1.29 is 9.13 Å². The van der Waals surface area contributed by atoms with Crippen LogP contribution < -0.4 is 4.74 Å². The predicted octanol–water partition coefficient (Wildman–Crippen LogP) is 3.56. The van der Waals surface area contributed by atoms with Crippen molar-refractivity contribution in [2.45, 2.75) is 27.7 Å². The molecule has 0 unspecified atom stereocenters. The van der Waals surface area contributed by atoms with Crippen LogP contribution in [0.1, 0.15) is 26.3 Å². The summed E-state index contributed by atoms with van der Waals surface area (Å²) in [6.07, 6.45) is 0. The van der Waals surface area contributed by atoms with Gasteiger partial charge in [0.1, 0.15) is 0 Å². The second-order valence-corrected chi connectivity index (χ2v) is 2.37. The Labute approximate surface area is 79.5 Å². The highest BCUT2D eigenvalue weighted by Crippen LogP contribution is 2.17. The quantitative estimate of drug-likeness (QED) is 0.682. The molecule has 0 fully saturated rings. The van der Waals surface area contributed by atoms with E-state index >= 15 is 0 Å². The lowest BCUT2D eigenvalue weighted by Gasteiger charge is -2.03. The second-order valence-electron chi connectivity index (χ2n) is 2.37. The van der Waals surface area contributed by atoms with E-state index in [1.807, 2.05) is 33.8 Å². The first-order valence-corrected chi connectivity index (χ1v) is 4.63. The van der Waals surface area contributed by atoms with Crippen molar-refractivity contribution in [1.29, 1.82) is 0 Å². The molecule has 1 aromatic carbocycles. The minimum absolute atomic E-state index is 0.285. The van der Waals surface area contributed by atoms with Gasteiger partial charge < -0.3 is 4.74 Å². The van der Waals surface area contributed by atoms with Crippen molar-refractivity contribution in [3.05, 3.63) is 29.6 Å². The van der Waals surface area contributed by atoms with Crippen LogP contribution in [0.25, 0.3) is 0 Å². The SMILES string of the molecule is CC.CCOc1ccc(C)cc1F. The molecule has 0 aliphatic carbocycles. The lowest BCUT2D eigenvalue weighted by molar-refractivity contribution is 0.321. The van der Waals surface area contributed by atoms with Gasteiger partial charge in [-0.1, -0.05) is 19.9 Å². The van der Waals surface area contributed by atoms with Gasteiger partial charge in [-0.3, -0.25) is 0 Å². The van der Waals surface area contributed by atoms with Gasteiger partial charge in [0.15, 0.2) is 11.6 Å². The highest BCUT2D eigenvalue weighted by Gasteiger charge is 2.00. The lowest BCUT2D eigenvalue weighted by Crippen LogP contribution is -1.94. The average Bonchev–Trinajstić information content (AvgIpc) is 2.14. The Hall–Kier alpha value is -1.05. The number of hydrogen-bond donors (Lipinski definition) is 0. The van der Waals surface area contributed by atoms with Crippen LogP contribution in [0.3, 0.4) is 0 Å². The fourth-order valence-corrected chi connectivity index (χ4v) is 0.878. The van der Waals surface area contributed by atoms with Crippen molar-refractivity contribution in [2.75, 3.05) is 6.61 Å². The zero-order chi connectivity index (χ0) is 10.3. The Morgan fingerprint density at radius 3 is 2.38 bits per heavy atom. The molecular weight excluding hydrogens is 167 g/mol. The molecule has 2 heteroatoms. The molecule has 1 nitrogen and oxygen atoms in total. The number of ether oxygens (including phenoxy) is 1. The third kappa shape index (κ3) is 3.92. The Kier molecular flexibility index (Phi) is 5.94. The maximum Gasteiger partial charge on any atom is 0.165 e. The standard InChI is InChI=1S/C9H11FO.C2H6/c1-3-11-9-5-4-7(2)6-8(9)10;1-2/h4-6H,3H2,1-2H3;1-2H3. The number of benzene rings is 1. The first-order chi connectivity index (χ1) is 6.24. The first kappa shape index (κ1) is 11.9. The molecule has 0 atom stereocenters. The molecular formula is C11H17FO. The third-order valence-corrected chi connectivity index (χ3v) is 1.39. The molecule has 0 N–H and O–H groups in total. The average molecular weight is 184 g/mol. The fourth-order valence-electron chi connectivity index (χ4n) is 0.878. The molecule has 0 spiro atoms. The molecule has 0 bridgehead atoms. The van der Waals surface area contributed by atoms with Crippen LogP contribution in [-0.2, 0) is 0 Å². The summed E-state index contributed by atoms with van der Waals surface area (Å²) in [5, 5.41) is 0. The summed E-state index contributed by atoms with van der Waals surface area (Å²) >= 11 is 0. The molecule has 0 aliphatic rings. The molecule has 0 amide bonds. The summed E-state index contributed by atoms with van der Waals surface area (Å²) in [5.74, 6) is 0.0463. The molecule has 1 rings (SSSR count). The zero-order valence-electron chi connectivity index (χ0n) is 8.73. The fraction of sp³-hybridized carbons (Fsp3) is 0.455. The van der Waals surface area contributed by atoms with Crippen LogP contribution in [0.2, 0.25) is 0 Å². The Morgan fingerprint density at radius 1 is 1.31 bits per heavy atom. The largest absolute Gasteiger partial charge is 0.491 e. The minimum Gasteiger partial charge on any atom is -0.491 e. The maximum atomic E-state index is 12.9. The Balaban J connectivity index is 0.000000671. The highest BCUT2D eigenvalue weighted by atomic mass is 19.1. The zero-order valence-corrected chi connectivity index (χ0v) is 8.73. The van der Waals surface area contributed by atoms with Crippen LogP contribution in [0.4, 0.5) is 4.39 Å². The smallest absolute Gasteiger partial charge is 0.165 e. The maximum absolute atomic E-state index is 12.9. The summed E-state index contributed by atoms with van der Waals surface area (Å²) in [4.78, 5) is 0. The van der Waals surface area contributed by atoms with Crippen LogP contribution in [0.15, 0.2) is 18.2 Å². The number of hydrogen-bond acceptors (Lipinski definition) is 1. The van der Waals surface area contributed by atoms with Crippen LogP contribution in [-0.4, -0.2) is 6.61 Å². The number of aryl methyl sites for hydroxylation is 1. The van der Waals surface area contributed by atoms with Crippen molar-refractivity contribution in [2.24, 2.45) is 0 Å². The third-order valence-electron chi connectivity index (χ3n) is 1.39. The summed E-state index contributed by atoms with van der Waals surface area (Å²) < 4.78 is 17.9. The van der Waals surface area contributed by atoms with Gasteiger partial charge in [-0.2, -0.15) is 0 Å². The van der Waals surface area contributed by atoms with E-state index < -0.39 is 0 Å². The monoisotopic (exact) mass is 184 g/mol. The molecule has 74 valence electrons.